The molecule has 2 amide bonds. The molecule has 2 atom stereocenters. The molecule has 0 aromatic rings. The topological polar surface area (TPSA) is 77.5 Å². The van der Waals surface area contributed by atoms with Gasteiger partial charge in [-0.15, -0.1) is 0 Å². The van der Waals surface area contributed by atoms with Crippen LogP contribution in [0.5, 0.6) is 0 Å². The standard InChI is InChI=1S/C14H21NO4/c16-12(17)8-2-1-5-9-15-13(18)10-6-3-4-7-11(10)14(15)19/h10-11H,1-9H2,(H,16,17)/p-1/t10-,11+. The molecule has 1 saturated heterocycles. The van der Waals surface area contributed by atoms with E-state index in [1.165, 1.54) is 4.90 Å². The Morgan fingerprint density at radius 3 is 2.16 bits per heavy atom. The van der Waals surface area contributed by atoms with Gasteiger partial charge in [-0.05, 0) is 32.1 Å². The molecular formula is C14H20NO4-. The van der Waals surface area contributed by atoms with E-state index in [2.05, 4.69) is 0 Å². The second-order valence-electron chi connectivity index (χ2n) is 5.51. The number of carboxylic acid groups (broad SMARTS) is 1. The Hall–Kier alpha value is -1.39. The fraction of sp³-hybridized carbons (Fsp3) is 0.786. The third-order valence-corrected chi connectivity index (χ3v) is 4.20. The molecule has 1 aliphatic heterocycles. The molecule has 0 aromatic carbocycles. The summed E-state index contributed by atoms with van der Waals surface area (Å²) >= 11 is 0. The molecule has 2 rings (SSSR count). The van der Waals surface area contributed by atoms with Gasteiger partial charge in [-0.2, -0.15) is 0 Å². The maximum atomic E-state index is 12.1. The van der Waals surface area contributed by atoms with Crippen molar-refractivity contribution in [2.24, 2.45) is 11.8 Å². The number of hydrogen-bond acceptors (Lipinski definition) is 4. The zero-order chi connectivity index (χ0) is 13.8. The minimum absolute atomic E-state index is 0.00500. The van der Waals surface area contributed by atoms with E-state index >= 15 is 0 Å². The van der Waals surface area contributed by atoms with E-state index in [0.717, 1.165) is 25.7 Å². The van der Waals surface area contributed by atoms with Gasteiger partial charge < -0.3 is 9.90 Å². The lowest BCUT2D eigenvalue weighted by molar-refractivity contribution is -0.305. The Kier molecular flexibility index (Phi) is 4.56. The van der Waals surface area contributed by atoms with Crippen LogP contribution in [0.15, 0.2) is 0 Å². The van der Waals surface area contributed by atoms with Gasteiger partial charge in [0.2, 0.25) is 11.8 Å². The van der Waals surface area contributed by atoms with Crippen LogP contribution in [0.4, 0.5) is 0 Å². The first-order valence-electron chi connectivity index (χ1n) is 7.16. The highest BCUT2D eigenvalue weighted by molar-refractivity contribution is 6.05. The number of carbonyl (C=O) groups excluding carboxylic acids is 3. The molecular weight excluding hydrogens is 246 g/mol. The molecule has 1 heterocycles. The largest absolute Gasteiger partial charge is 0.550 e. The van der Waals surface area contributed by atoms with Crippen molar-refractivity contribution in [1.29, 1.82) is 0 Å². The van der Waals surface area contributed by atoms with Crippen LogP contribution in [0.25, 0.3) is 0 Å². The van der Waals surface area contributed by atoms with Crippen molar-refractivity contribution in [1.82, 2.24) is 4.90 Å². The van der Waals surface area contributed by atoms with Crippen LogP contribution < -0.4 is 5.11 Å². The van der Waals surface area contributed by atoms with Gasteiger partial charge in [-0.3, -0.25) is 14.5 Å². The van der Waals surface area contributed by atoms with Crippen molar-refractivity contribution in [2.75, 3.05) is 6.54 Å². The van der Waals surface area contributed by atoms with Gasteiger partial charge in [0.15, 0.2) is 0 Å². The molecule has 0 bridgehead atoms. The summed E-state index contributed by atoms with van der Waals surface area (Å²) in [5.41, 5.74) is 0. The number of amides is 2. The van der Waals surface area contributed by atoms with E-state index in [9.17, 15) is 19.5 Å². The van der Waals surface area contributed by atoms with E-state index in [0.29, 0.717) is 25.8 Å². The summed E-state index contributed by atoms with van der Waals surface area (Å²) in [7, 11) is 0. The normalized spacial score (nSPS) is 26.6. The number of rotatable bonds is 6. The second kappa shape index (κ2) is 6.17. The van der Waals surface area contributed by atoms with Gasteiger partial charge in [-0.25, -0.2) is 0 Å². The van der Waals surface area contributed by atoms with Crippen molar-refractivity contribution in [2.45, 2.75) is 51.4 Å². The van der Waals surface area contributed by atoms with Crippen molar-refractivity contribution >= 4 is 17.8 Å². The summed E-state index contributed by atoms with van der Waals surface area (Å²) < 4.78 is 0. The van der Waals surface area contributed by atoms with E-state index in [1.54, 1.807) is 0 Å². The first-order valence-corrected chi connectivity index (χ1v) is 7.16. The Labute approximate surface area is 113 Å². The Morgan fingerprint density at radius 1 is 1.05 bits per heavy atom. The fourth-order valence-electron chi connectivity index (χ4n) is 3.17. The Morgan fingerprint density at radius 2 is 1.63 bits per heavy atom. The molecule has 5 heteroatoms. The van der Waals surface area contributed by atoms with E-state index in [1.807, 2.05) is 0 Å². The quantitative estimate of drug-likeness (QED) is 0.517. The number of carboxylic acids is 1. The third-order valence-electron chi connectivity index (χ3n) is 4.20. The molecule has 0 unspecified atom stereocenters. The highest BCUT2D eigenvalue weighted by Gasteiger charge is 2.47. The summed E-state index contributed by atoms with van der Waals surface area (Å²) in [5, 5.41) is 10.3. The van der Waals surface area contributed by atoms with Crippen LogP contribution in [0.2, 0.25) is 0 Å². The first kappa shape index (κ1) is 14.0. The van der Waals surface area contributed by atoms with Gasteiger partial charge in [0, 0.05) is 12.5 Å². The number of imide groups is 1. The zero-order valence-corrected chi connectivity index (χ0v) is 11.1. The van der Waals surface area contributed by atoms with Gasteiger partial charge in [0.05, 0.1) is 11.8 Å². The summed E-state index contributed by atoms with van der Waals surface area (Å²) in [6, 6.07) is 0. The molecule has 2 fully saturated rings. The van der Waals surface area contributed by atoms with Crippen LogP contribution in [0, 0.1) is 11.8 Å². The van der Waals surface area contributed by atoms with Crippen molar-refractivity contribution in [3.8, 4) is 0 Å². The number of likely N-dealkylation sites (tertiary alicyclic amines) is 1. The summed E-state index contributed by atoms with van der Waals surface area (Å²) in [4.78, 5) is 35.9. The van der Waals surface area contributed by atoms with E-state index < -0.39 is 5.97 Å². The number of aliphatic carboxylic acids is 1. The molecule has 1 aliphatic carbocycles. The molecule has 0 radical (unpaired) electrons. The minimum atomic E-state index is -1.04. The number of nitrogens with zero attached hydrogens (tertiary/aromatic N) is 1. The molecule has 0 aromatic heterocycles. The summed E-state index contributed by atoms with van der Waals surface area (Å²) in [6.45, 7) is 0.442. The van der Waals surface area contributed by atoms with E-state index in [4.69, 9.17) is 0 Å². The van der Waals surface area contributed by atoms with Crippen molar-refractivity contribution in [3.63, 3.8) is 0 Å². The van der Waals surface area contributed by atoms with Gasteiger partial charge >= 0.3 is 0 Å². The predicted octanol–water partition coefficient (Wildman–Crippen LogP) is 0.472. The second-order valence-corrected chi connectivity index (χ2v) is 5.51. The molecule has 2 aliphatic rings. The van der Waals surface area contributed by atoms with Crippen LogP contribution in [0.1, 0.15) is 51.4 Å². The monoisotopic (exact) mass is 266 g/mol. The maximum absolute atomic E-state index is 12.1. The number of fused-ring (bicyclic) bond motifs is 1. The molecule has 5 nitrogen and oxygen atoms in total. The number of hydrogen-bond donors (Lipinski definition) is 0. The van der Waals surface area contributed by atoms with Crippen molar-refractivity contribution in [3.05, 3.63) is 0 Å². The van der Waals surface area contributed by atoms with Gasteiger partial charge in [-0.1, -0.05) is 19.3 Å². The lowest BCUT2D eigenvalue weighted by Crippen LogP contribution is -2.32. The van der Waals surface area contributed by atoms with Gasteiger partial charge in [0.25, 0.3) is 0 Å². The maximum Gasteiger partial charge on any atom is 0.233 e. The Balaban J connectivity index is 1.78. The average molecular weight is 266 g/mol. The summed E-state index contributed by atoms with van der Waals surface area (Å²) in [6.07, 6.45) is 5.76. The lowest BCUT2D eigenvalue weighted by Gasteiger charge is -2.19. The highest BCUT2D eigenvalue weighted by atomic mass is 16.4. The van der Waals surface area contributed by atoms with Crippen LogP contribution in [0.3, 0.4) is 0 Å². The van der Waals surface area contributed by atoms with Crippen LogP contribution in [-0.4, -0.2) is 29.2 Å². The zero-order valence-electron chi connectivity index (χ0n) is 11.1. The van der Waals surface area contributed by atoms with Crippen LogP contribution >= 0.6 is 0 Å². The predicted molar refractivity (Wildman–Crippen MR) is 65.6 cm³/mol. The average Bonchev–Trinajstić information content (AvgIpc) is 2.63. The van der Waals surface area contributed by atoms with Gasteiger partial charge in [0.1, 0.15) is 0 Å². The molecule has 106 valence electrons. The molecule has 1 saturated carbocycles. The third kappa shape index (κ3) is 3.14. The Bertz CT molecular complexity index is 356. The van der Waals surface area contributed by atoms with Crippen LogP contribution in [-0.2, 0) is 14.4 Å². The minimum Gasteiger partial charge on any atom is -0.550 e. The number of unbranched alkanes of at least 4 members (excludes halogenated alkanes) is 2. The lowest BCUT2D eigenvalue weighted by atomic mass is 9.81. The summed E-state index contributed by atoms with van der Waals surface area (Å²) in [5.74, 6) is -1.21. The van der Waals surface area contributed by atoms with E-state index in [-0.39, 0.29) is 30.1 Å². The smallest absolute Gasteiger partial charge is 0.233 e. The molecule has 0 N–H and O–H groups in total. The van der Waals surface area contributed by atoms with Crippen molar-refractivity contribution < 1.29 is 19.5 Å². The first-order chi connectivity index (χ1) is 9.11. The molecule has 19 heavy (non-hydrogen) atoms. The molecule has 0 spiro atoms. The number of carbonyl (C=O) groups is 3. The highest BCUT2D eigenvalue weighted by Crippen LogP contribution is 2.38. The SMILES string of the molecule is O=C([O-])CCCCCN1C(=O)[C@H]2CCCC[C@H]2C1=O. The fourth-order valence-corrected chi connectivity index (χ4v) is 3.17.